The molecule has 0 aromatic heterocycles. The van der Waals surface area contributed by atoms with Gasteiger partial charge in [-0.05, 0) is 65.2 Å². The second kappa shape index (κ2) is 7.27. The van der Waals surface area contributed by atoms with Crippen LogP contribution in [0.3, 0.4) is 0 Å². The molecule has 1 amide bonds. The topological polar surface area (TPSA) is 41.1 Å². The predicted octanol–water partition coefficient (Wildman–Crippen LogP) is 4.51. The van der Waals surface area contributed by atoms with Gasteiger partial charge >= 0.3 is 0 Å². The van der Waals surface area contributed by atoms with Crippen LogP contribution in [0.5, 0.6) is 0 Å². The van der Waals surface area contributed by atoms with Gasteiger partial charge in [0.25, 0.3) is 0 Å². The van der Waals surface area contributed by atoms with Gasteiger partial charge in [-0.3, -0.25) is 4.79 Å². The van der Waals surface area contributed by atoms with Gasteiger partial charge in [0.2, 0.25) is 5.91 Å². The highest BCUT2D eigenvalue weighted by atomic mass is 79.9. The standard InChI is InChI=1S/C17H19BrN2O/c1-12-4-3-5-14(10-12)19-9-8-17(21)20-16-7-6-13(2)11-15(16)18/h3-7,10-11,19H,8-9H2,1-2H3,(H,20,21). The minimum atomic E-state index is -0.000272. The first-order chi connectivity index (χ1) is 10.0. The van der Waals surface area contributed by atoms with Crippen molar-refractivity contribution in [2.45, 2.75) is 20.3 Å². The van der Waals surface area contributed by atoms with Crippen molar-refractivity contribution in [1.82, 2.24) is 0 Å². The zero-order valence-corrected chi connectivity index (χ0v) is 13.8. The summed E-state index contributed by atoms with van der Waals surface area (Å²) in [5.41, 5.74) is 4.20. The van der Waals surface area contributed by atoms with E-state index in [1.54, 1.807) is 0 Å². The highest BCUT2D eigenvalue weighted by Gasteiger charge is 2.05. The molecule has 3 nitrogen and oxygen atoms in total. The Morgan fingerprint density at radius 3 is 2.57 bits per heavy atom. The predicted molar refractivity (Wildman–Crippen MR) is 91.8 cm³/mol. The number of nitrogens with one attached hydrogen (secondary N) is 2. The van der Waals surface area contributed by atoms with E-state index in [0.717, 1.165) is 21.4 Å². The van der Waals surface area contributed by atoms with Crippen LogP contribution >= 0.6 is 15.9 Å². The van der Waals surface area contributed by atoms with Crippen LogP contribution in [-0.2, 0) is 4.79 Å². The molecule has 2 N–H and O–H groups in total. The number of hydrogen-bond donors (Lipinski definition) is 2. The molecule has 0 spiro atoms. The number of anilines is 2. The maximum atomic E-state index is 11.9. The Kier molecular flexibility index (Phi) is 5.39. The van der Waals surface area contributed by atoms with Gasteiger partial charge in [-0.15, -0.1) is 0 Å². The van der Waals surface area contributed by atoms with Crippen LogP contribution in [0.25, 0.3) is 0 Å². The number of benzene rings is 2. The van der Waals surface area contributed by atoms with Crippen molar-refractivity contribution >= 4 is 33.2 Å². The SMILES string of the molecule is Cc1cccc(NCCC(=O)Nc2ccc(C)cc2Br)c1. The van der Waals surface area contributed by atoms with Gasteiger partial charge in [0.1, 0.15) is 0 Å². The molecule has 0 heterocycles. The smallest absolute Gasteiger partial charge is 0.226 e. The molecule has 0 fully saturated rings. The van der Waals surface area contributed by atoms with E-state index in [1.807, 2.05) is 50.2 Å². The van der Waals surface area contributed by atoms with Crippen molar-refractivity contribution in [3.05, 3.63) is 58.1 Å². The number of carbonyl (C=O) groups is 1. The maximum absolute atomic E-state index is 11.9. The summed E-state index contributed by atoms with van der Waals surface area (Å²) in [4.78, 5) is 11.9. The van der Waals surface area contributed by atoms with E-state index in [-0.39, 0.29) is 5.91 Å². The molecule has 0 atom stereocenters. The summed E-state index contributed by atoms with van der Waals surface area (Å²) in [5, 5.41) is 6.16. The number of halogens is 1. The van der Waals surface area contributed by atoms with Gasteiger partial charge in [-0.1, -0.05) is 18.2 Å². The summed E-state index contributed by atoms with van der Waals surface area (Å²) < 4.78 is 0.905. The Bertz CT molecular complexity index is 640. The second-order valence-electron chi connectivity index (χ2n) is 5.08. The molecule has 110 valence electrons. The highest BCUT2D eigenvalue weighted by Crippen LogP contribution is 2.23. The van der Waals surface area contributed by atoms with Crippen LogP contribution in [-0.4, -0.2) is 12.5 Å². The Labute approximate surface area is 133 Å². The van der Waals surface area contributed by atoms with E-state index in [0.29, 0.717) is 13.0 Å². The molecule has 0 bridgehead atoms. The summed E-state index contributed by atoms with van der Waals surface area (Å²) in [6.07, 6.45) is 0.425. The summed E-state index contributed by atoms with van der Waals surface area (Å²) in [6.45, 7) is 4.67. The largest absolute Gasteiger partial charge is 0.385 e. The normalized spacial score (nSPS) is 10.2. The molecule has 0 radical (unpaired) electrons. The third kappa shape index (κ3) is 4.90. The number of hydrogen-bond acceptors (Lipinski definition) is 2. The molecule has 2 rings (SSSR count). The van der Waals surface area contributed by atoms with Crippen molar-refractivity contribution < 1.29 is 4.79 Å². The Morgan fingerprint density at radius 1 is 1.10 bits per heavy atom. The molecule has 0 saturated carbocycles. The van der Waals surface area contributed by atoms with E-state index in [2.05, 4.69) is 32.6 Å². The number of amides is 1. The first-order valence-corrected chi connectivity index (χ1v) is 7.70. The fourth-order valence-electron chi connectivity index (χ4n) is 2.01. The van der Waals surface area contributed by atoms with E-state index in [1.165, 1.54) is 5.56 Å². The van der Waals surface area contributed by atoms with Gasteiger partial charge in [-0.2, -0.15) is 0 Å². The van der Waals surface area contributed by atoms with Crippen LogP contribution in [0.1, 0.15) is 17.5 Å². The lowest BCUT2D eigenvalue weighted by Gasteiger charge is -2.09. The van der Waals surface area contributed by atoms with Gasteiger partial charge in [0, 0.05) is 23.1 Å². The Morgan fingerprint density at radius 2 is 1.86 bits per heavy atom. The number of carbonyl (C=O) groups excluding carboxylic acids is 1. The van der Waals surface area contributed by atoms with Gasteiger partial charge in [0.05, 0.1) is 5.69 Å². The third-order valence-electron chi connectivity index (χ3n) is 3.10. The molecule has 0 unspecified atom stereocenters. The molecule has 2 aromatic carbocycles. The summed E-state index contributed by atoms with van der Waals surface area (Å²) in [5.74, 6) is -0.000272. The molecular formula is C17H19BrN2O. The zero-order chi connectivity index (χ0) is 15.2. The second-order valence-corrected chi connectivity index (χ2v) is 5.93. The van der Waals surface area contributed by atoms with Crippen LogP contribution in [0.15, 0.2) is 46.9 Å². The minimum Gasteiger partial charge on any atom is -0.385 e. The first-order valence-electron chi connectivity index (χ1n) is 6.91. The van der Waals surface area contributed by atoms with Crippen molar-refractivity contribution in [3.63, 3.8) is 0 Å². The van der Waals surface area contributed by atoms with Gasteiger partial charge < -0.3 is 10.6 Å². The Balaban J connectivity index is 1.82. The lowest BCUT2D eigenvalue weighted by Crippen LogP contribution is -2.16. The van der Waals surface area contributed by atoms with Crippen molar-refractivity contribution in [2.75, 3.05) is 17.2 Å². The van der Waals surface area contributed by atoms with Crippen molar-refractivity contribution in [3.8, 4) is 0 Å². The monoisotopic (exact) mass is 346 g/mol. The van der Waals surface area contributed by atoms with E-state index >= 15 is 0 Å². The average molecular weight is 347 g/mol. The lowest BCUT2D eigenvalue weighted by molar-refractivity contribution is -0.115. The number of rotatable bonds is 5. The lowest BCUT2D eigenvalue weighted by atomic mass is 10.2. The van der Waals surface area contributed by atoms with Crippen LogP contribution < -0.4 is 10.6 Å². The van der Waals surface area contributed by atoms with Gasteiger partial charge in [0.15, 0.2) is 0 Å². The Hall–Kier alpha value is -1.81. The van der Waals surface area contributed by atoms with Crippen LogP contribution in [0, 0.1) is 13.8 Å². The zero-order valence-electron chi connectivity index (χ0n) is 12.2. The first kappa shape index (κ1) is 15.6. The molecule has 0 aliphatic heterocycles. The quantitative estimate of drug-likeness (QED) is 0.836. The van der Waals surface area contributed by atoms with Crippen molar-refractivity contribution in [1.29, 1.82) is 0 Å². The maximum Gasteiger partial charge on any atom is 0.226 e. The fourth-order valence-corrected chi connectivity index (χ4v) is 2.60. The minimum absolute atomic E-state index is 0.000272. The van der Waals surface area contributed by atoms with Crippen LogP contribution in [0.2, 0.25) is 0 Å². The third-order valence-corrected chi connectivity index (χ3v) is 3.75. The summed E-state index contributed by atoms with van der Waals surface area (Å²) in [6, 6.07) is 14.0. The fraction of sp³-hybridized carbons (Fsp3) is 0.235. The number of aryl methyl sites for hydroxylation is 2. The molecule has 0 saturated heterocycles. The molecule has 0 aliphatic carbocycles. The molecule has 0 aliphatic rings. The molecule has 21 heavy (non-hydrogen) atoms. The van der Waals surface area contributed by atoms with Gasteiger partial charge in [-0.25, -0.2) is 0 Å². The molecular weight excluding hydrogens is 328 g/mol. The van der Waals surface area contributed by atoms with E-state index in [9.17, 15) is 4.79 Å². The van der Waals surface area contributed by atoms with E-state index in [4.69, 9.17) is 0 Å². The average Bonchev–Trinajstić information content (AvgIpc) is 2.42. The van der Waals surface area contributed by atoms with Crippen molar-refractivity contribution in [2.24, 2.45) is 0 Å². The molecule has 4 heteroatoms. The van der Waals surface area contributed by atoms with E-state index < -0.39 is 0 Å². The molecule has 2 aromatic rings. The summed E-state index contributed by atoms with van der Waals surface area (Å²) in [7, 11) is 0. The van der Waals surface area contributed by atoms with Crippen LogP contribution in [0.4, 0.5) is 11.4 Å². The summed E-state index contributed by atoms with van der Waals surface area (Å²) >= 11 is 3.46. The highest BCUT2D eigenvalue weighted by molar-refractivity contribution is 9.10.